The number of unbranched alkanes of at least 4 members (excludes halogenated alkanes) is 18. The minimum Gasteiger partial charge on any atom is -0.493 e. The summed E-state index contributed by atoms with van der Waals surface area (Å²) < 4.78 is 12.3. The van der Waals surface area contributed by atoms with Gasteiger partial charge in [-0.2, -0.15) is 0 Å². The first-order valence-corrected chi connectivity index (χ1v) is 17.8. The molecular weight excluding hydrogens is 548 g/mol. The lowest BCUT2D eigenvalue weighted by Crippen LogP contribution is -2.26. The lowest BCUT2D eigenvalue weighted by Gasteiger charge is -2.17. The van der Waals surface area contributed by atoms with Crippen LogP contribution in [0.25, 0.3) is 0 Å². The van der Waals surface area contributed by atoms with Crippen LogP contribution >= 0.6 is 0 Å². The molecule has 0 saturated carbocycles. The van der Waals surface area contributed by atoms with Crippen molar-refractivity contribution in [3.8, 4) is 11.5 Å². The van der Waals surface area contributed by atoms with E-state index in [1.165, 1.54) is 103 Å². The molecule has 0 atom stereocenters. The molecule has 0 heterocycles. The van der Waals surface area contributed by atoms with E-state index in [0.29, 0.717) is 48.9 Å². The second kappa shape index (κ2) is 27.8. The fourth-order valence-corrected chi connectivity index (χ4v) is 5.22. The Balaban J connectivity index is 2.76. The molecule has 1 aromatic carbocycles. The highest BCUT2D eigenvalue weighted by Crippen LogP contribution is 2.30. The van der Waals surface area contributed by atoms with Crippen molar-refractivity contribution in [2.24, 2.45) is 0 Å². The molecular formula is C38H64N2O4. The standard InChI is InChI=1S/C38H64N2O4/c1-5-9-11-13-15-17-19-21-23-25-29-43-35-31-34(38(42)40-28-8-4)36(32-33(35)37(41)39-27-7-3)44-30-26-24-22-20-18-16-14-12-10-6-2/h7-8,31-32H,3-6,9-30H2,1-2H3,(H,39,41)(H,40,42). The monoisotopic (exact) mass is 612 g/mol. The van der Waals surface area contributed by atoms with Gasteiger partial charge in [-0.3, -0.25) is 9.59 Å². The van der Waals surface area contributed by atoms with Crippen molar-refractivity contribution in [1.29, 1.82) is 0 Å². The van der Waals surface area contributed by atoms with E-state index in [2.05, 4.69) is 37.6 Å². The summed E-state index contributed by atoms with van der Waals surface area (Å²) in [6, 6.07) is 3.32. The maximum absolute atomic E-state index is 13.1. The summed E-state index contributed by atoms with van der Waals surface area (Å²) in [6.07, 6.45) is 28.0. The summed E-state index contributed by atoms with van der Waals surface area (Å²) in [5.74, 6) is 0.254. The molecule has 0 unspecified atom stereocenters. The zero-order valence-corrected chi connectivity index (χ0v) is 28.3. The Morgan fingerprint density at radius 2 is 0.841 bits per heavy atom. The van der Waals surface area contributed by atoms with E-state index in [9.17, 15) is 9.59 Å². The third-order valence-electron chi connectivity index (χ3n) is 7.90. The van der Waals surface area contributed by atoms with Crippen LogP contribution in [0.1, 0.15) is 163 Å². The van der Waals surface area contributed by atoms with E-state index in [-0.39, 0.29) is 11.8 Å². The largest absolute Gasteiger partial charge is 0.493 e. The van der Waals surface area contributed by atoms with Crippen LogP contribution in [0.3, 0.4) is 0 Å². The van der Waals surface area contributed by atoms with E-state index in [1.54, 1.807) is 24.3 Å². The van der Waals surface area contributed by atoms with Crippen molar-refractivity contribution in [3.63, 3.8) is 0 Å². The molecule has 44 heavy (non-hydrogen) atoms. The Hall–Kier alpha value is -2.76. The average molecular weight is 613 g/mol. The van der Waals surface area contributed by atoms with Crippen molar-refractivity contribution in [2.75, 3.05) is 26.3 Å². The van der Waals surface area contributed by atoms with Crippen molar-refractivity contribution < 1.29 is 19.1 Å². The summed E-state index contributed by atoms with van der Waals surface area (Å²) in [7, 11) is 0. The lowest BCUT2D eigenvalue weighted by atomic mass is 10.1. The molecule has 6 heteroatoms. The smallest absolute Gasteiger partial charge is 0.255 e. The zero-order valence-electron chi connectivity index (χ0n) is 28.3. The minimum atomic E-state index is -0.273. The van der Waals surface area contributed by atoms with Gasteiger partial charge in [-0.15, -0.1) is 13.2 Å². The number of carbonyl (C=O) groups is 2. The van der Waals surface area contributed by atoms with Gasteiger partial charge in [-0.1, -0.05) is 142 Å². The van der Waals surface area contributed by atoms with Crippen LogP contribution in [0.5, 0.6) is 11.5 Å². The molecule has 0 aromatic heterocycles. The van der Waals surface area contributed by atoms with E-state index in [0.717, 1.165) is 25.7 Å². The molecule has 0 fully saturated rings. The number of amides is 2. The van der Waals surface area contributed by atoms with Crippen molar-refractivity contribution in [2.45, 2.75) is 142 Å². The summed E-state index contributed by atoms with van der Waals surface area (Å²) in [6.45, 7) is 13.6. The highest BCUT2D eigenvalue weighted by atomic mass is 16.5. The molecule has 250 valence electrons. The molecule has 6 nitrogen and oxygen atoms in total. The van der Waals surface area contributed by atoms with Gasteiger partial charge in [0.05, 0.1) is 24.3 Å². The Kier molecular flexibility index (Phi) is 24.8. The third-order valence-corrected chi connectivity index (χ3v) is 7.90. The summed E-state index contributed by atoms with van der Waals surface area (Å²) in [5.41, 5.74) is 0.745. The van der Waals surface area contributed by atoms with Gasteiger partial charge in [0.25, 0.3) is 11.8 Å². The van der Waals surface area contributed by atoms with E-state index < -0.39 is 0 Å². The van der Waals surface area contributed by atoms with Gasteiger partial charge < -0.3 is 20.1 Å². The minimum absolute atomic E-state index is 0.273. The summed E-state index contributed by atoms with van der Waals surface area (Å²) >= 11 is 0. The fourth-order valence-electron chi connectivity index (χ4n) is 5.22. The van der Waals surface area contributed by atoms with Gasteiger partial charge >= 0.3 is 0 Å². The van der Waals surface area contributed by atoms with Crippen LogP contribution in [0.15, 0.2) is 37.4 Å². The van der Waals surface area contributed by atoms with Gasteiger partial charge in [0.2, 0.25) is 0 Å². The van der Waals surface area contributed by atoms with Crippen LogP contribution in [-0.4, -0.2) is 38.1 Å². The Labute approximate surface area is 269 Å². The Morgan fingerprint density at radius 1 is 0.545 bits per heavy atom. The van der Waals surface area contributed by atoms with Crippen LogP contribution in [-0.2, 0) is 0 Å². The highest BCUT2D eigenvalue weighted by Gasteiger charge is 2.21. The number of ether oxygens (including phenoxy) is 2. The molecule has 1 rings (SSSR count). The van der Waals surface area contributed by atoms with Crippen LogP contribution in [0.4, 0.5) is 0 Å². The van der Waals surface area contributed by atoms with E-state index >= 15 is 0 Å². The maximum atomic E-state index is 13.1. The SMILES string of the molecule is C=CCNC(=O)c1cc(OCCCCCCCCCCCC)c(C(=O)NCC=C)cc1OCCCCCCCCCCCC. The molecule has 0 aliphatic heterocycles. The first kappa shape index (κ1) is 39.3. The van der Waals surface area contributed by atoms with E-state index in [1.807, 2.05) is 0 Å². The van der Waals surface area contributed by atoms with Crippen LogP contribution < -0.4 is 20.1 Å². The highest BCUT2D eigenvalue weighted by molar-refractivity contribution is 6.02. The Bertz CT molecular complexity index is 841. The van der Waals surface area contributed by atoms with Gasteiger partial charge in [0, 0.05) is 13.1 Å². The summed E-state index contributed by atoms with van der Waals surface area (Å²) in [4.78, 5) is 26.2. The number of benzene rings is 1. The van der Waals surface area contributed by atoms with Crippen LogP contribution in [0, 0.1) is 0 Å². The normalized spacial score (nSPS) is 10.8. The van der Waals surface area contributed by atoms with Crippen molar-refractivity contribution in [3.05, 3.63) is 48.6 Å². The van der Waals surface area contributed by atoms with Gasteiger partial charge in [0.1, 0.15) is 11.5 Å². The lowest BCUT2D eigenvalue weighted by molar-refractivity contribution is 0.0938. The zero-order chi connectivity index (χ0) is 32.1. The molecule has 0 aliphatic rings. The van der Waals surface area contributed by atoms with Gasteiger partial charge in [-0.05, 0) is 25.0 Å². The third kappa shape index (κ3) is 18.8. The second-order valence-electron chi connectivity index (χ2n) is 11.9. The molecule has 0 radical (unpaired) electrons. The maximum Gasteiger partial charge on any atom is 0.255 e. The number of hydrogen-bond acceptors (Lipinski definition) is 4. The quantitative estimate of drug-likeness (QED) is 0.0669. The number of nitrogens with one attached hydrogen (secondary N) is 2. The average Bonchev–Trinajstić information content (AvgIpc) is 3.03. The molecule has 1 aromatic rings. The van der Waals surface area contributed by atoms with Crippen molar-refractivity contribution >= 4 is 11.8 Å². The van der Waals surface area contributed by atoms with Crippen LogP contribution in [0.2, 0.25) is 0 Å². The number of rotatable bonds is 30. The topological polar surface area (TPSA) is 76.7 Å². The Morgan fingerprint density at radius 3 is 1.14 bits per heavy atom. The fraction of sp³-hybridized carbons (Fsp3) is 0.684. The molecule has 0 spiro atoms. The predicted molar refractivity (Wildman–Crippen MR) is 186 cm³/mol. The number of carbonyl (C=O) groups excluding carboxylic acids is 2. The predicted octanol–water partition coefficient (Wildman–Crippen LogP) is 10.1. The first-order valence-electron chi connectivity index (χ1n) is 17.8. The van der Waals surface area contributed by atoms with Gasteiger partial charge in [-0.25, -0.2) is 0 Å². The second-order valence-corrected chi connectivity index (χ2v) is 11.9. The molecule has 0 bridgehead atoms. The molecule has 0 aliphatic carbocycles. The molecule has 2 N–H and O–H groups in total. The molecule has 2 amide bonds. The first-order chi connectivity index (χ1) is 21.6. The number of hydrogen-bond donors (Lipinski definition) is 2. The molecule has 0 saturated heterocycles. The van der Waals surface area contributed by atoms with E-state index in [4.69, 9.17) is 9.47 Å². The summed E-state index contributed by atoms with van der Waals surface area (Å²) in [5, 5.41) is 5.70. The van der Waals surface area contributed by atoms with Gasteiger partial charge in [0.15, 0.2) is 0 Å². The van der Waals surface area contributed by atoms with Crippen molar-refractivity contribution in [1.82, 2.24) is 10.6 Å².